The van der Waals surface area contributed by atoms with Gasteiger partial charge in [0.2, 0.25) is 5.41 Å². The maximum atomic E-state index is 13.4. The lowest BCUT2D eigenvalue weighted by atomic mass is 9.89. The Morgan fingerprint density at radius 2 is 1.50 bits per heavy atom. The summed E-state index contributed by atoms with van der Waals surface area (Å²) in [6.45, 7) is 0. The lowest BCUT2D eigenvalue weighted by molar-refractivity contribution is -0.161. The highest BCUT2D eigenvalue weighted by Gasteiger charge is 2.49. The minimum Gasteiger partial charge on any atom is -0.468 e. The van der Waals surface area contributed by atoms with E-state index in [0.717, 1.165) is 26.7 Å². The molecule has 0 radical (unpaired) electrons. The van der Waals surface area contributed by atoms with Crippen LogP contribution in [0, 0.1) is 11.2 Å². The Kier molecular flexibility index (Phi) is 5.58. The van der Waals surface area contributed by atoms with Gasteiger partial charge in [0.25, 0.3) is 0 Å². The lowest BCUT2D eigenvalue weighted by Gasteiger charge is -2.18. The topological polar surface area (TPSA) is 99.6 Å². The van der Waals surface area contributed by atoms with Crippen molar-refractivity contribution in [2.45, 2.75) is 4.90 Å². The van der Waals surface area contributed by atoms with Crippen molar-refractivity contribution in [1.82, 2.24) is 4.98 Å². The molecule has 0 atom stereocenters. The van der Waals surface area contributed by atoms with Gasteiger partial charge in [0.05, 0.1) is 31.0 Å². The van der Waals surface area contributed by atoms with E-state index in [9.17, 15) is 22.4 Å². The van der Waals surface area contributed by atoms with E-state index in [1.807, 2.05) is 0 Å². The molecule has 1 aliphatic rings. The van der Waals surface area contributed by atoms with Gasteiger partial charge in [0, 0.05) is 11.8 Å². The zero-order valence-electron chi connectivity index (χ0n) is 16.4. The van der Waals surface area contributed by atoms with Crippen LogP contribution in [0.15, 0.2) is 59.6 Å². The molecule has 0 aliphatic heterocycles. The van der Waals surface area contributed by atoms with Crippen LogP contribution in [0.3, 0.4) is 0 Å². The molecule has 1 aromatic heterocycles. The van der Waals surface area contributed by atoms with Gasteiger partial charge in [-0.3, -0.25) is 14.6 Å². The predicted octanol–water partition coefficient (Wildman–Crippen LogP) is 2.44. The van der Waals surface area contributed by atoms with Crippen molar-refractivity contribution < 1.29 is 31.9 Å². The number of sulfone groups is 1. The van der Waals surface area contributed by atoms with Crippen LogP contribution in [0.1, 0.15) is 11.3 Å². The van der Waals surface area contributed by atoms with Gasteiger partial charge in [0.15, 0.2) is 9.84 Å². The third kappa shape index (κ3) is 3.76. The quantitative estimate of drug-likeness (QED) is 0.530. The van der Waals surface area contributed by atoms with Crippen LogP contribution in [0.5, 0.6) is 0 Å². The SMILES string of the molecule is COC(=O)C1(C(=O)OC)C=C(c2ccc(S(C)(=O)=O)cc2)C(c2ccc(F)cn2)=C1. The Bertz CT molecular complexity index is 1150. The average molecular weight is 431 g/mol. The third-order valence-electron chi connectivity index (χ3n) is 4.68. The molecule has 1 aliphatic carbocycles. The smallest absolute Gasteiger partial charge is 0.331 e. The number of carbonyl (C=O) groups is 2. The van der Waals surface area contributed by atoms with Gasteiger partial charge in [-0.1, -0.05) is 12.1 Å². The normalized spacial score (nSPS) is 15.2. The number of benzene rings is 1. The summed E-state index contributed by atoms with van der Waals surface area (Å²) in [5, 5.41) is 0. The standard InChI is InChI=1S/C21H18FNO6S/c1-28-19(24)21(20(25)29-2)10-16(13-4-7-15(8-5-13)30(3,26)27)17(11-21)18-9-6-14(22)12-23-18/h4-12H,1-3H3. The Balaban J connectivity index is 2.23. The number of pyridine rings is 1. The van der Waals surface area contributed by atoms with Gasteiger partial charge in [-0.25, -0.2) is 12.8 Å². The van der Waals surface area contributed by atoms with E-state index in [-0.39, 0.29) is 4.90 Å². The second kappa shape index (κ2) is 7.83. The van der Waals surface area contributed by atoms with Crippen molar-refractivity contribution >= 4 is 32.9 Å². The average Bonchev–Trinajstić information content (AvgIpc) is 3.14. The van der Waals surface area contributed by atoms with Crippen LogP contribution in [0.2, 0.25) is 0 Å². The number of hydrogen-bond donors (Lipinski definition) is 0. The molecule has 0 fully saturated rings. The zero-order valence-corrected chi connectivity index (χ0v) is 17.2. The highest BCUT2D eigenvalue weighted by Crippen LogP contribution is 2.45. The molecule has 0 N–H and O–H groups in total. The Morgan fingerprint density at radius 3 is 1.97 bits per heavy atom. The second-order valence-electron chi connectivity index (χ2n) is 6.63. The number of aromatic nitrogens is 1. The molecule has 1 aromatic carbocycles. The van der Waals surface area contributed by atoms with Crippen LogP contribution in [0.4, 0.5) is 4.39 Å². The van der Waals surface area contributed by atoms with Gasteiger partial charge in [-0.15, -0.1) is 0 Å². The summed E-state index contributed by atoms with van der Waals surface area (Å²) in [7, 11) is -1.12. The Labute approximate surface area is 172 Å². The molecule has 0 saturated heterocycles. The molecule has 0 saturated carbocycles. The third-order valence-corrected chi connectivity index (χ3v) is 5.81. The van der Waals surface area contributed by atoms with Crippen molar-refractivity contribution in [3.63, 3.8) is 0 Å². The molecule has 0 bridgehead atoms. The van der Waals surface area contributed by atoms with Crippen molar-refractivity contribution in [3.8, 4) is 0 Å². The van der Waals surface area contributed by atoms with Gasteiger partial charge in [0.1, 0.15) is 5.82 Å². The number of methoxy groups -OCH3 is 2. The number of rotatable bonds is 5. The van der Waals surface area contributed by atoms with Crippen LogP contribution < -0.4 is 0 Å². The number of hydrogen-bond acceptors (Lipinski definition) is 7. The molecule has 0 unspecified atom stereocenters. The second-order valence-corrected chi connectivity index (χ2v) is 8.64. The number of halogens is 1. The fourth-order valence-electron chi connectivity index (χ4n) is 3.18. The van der Waals surface area contributed by atoms with E-state index in [0.29, 0.717) is 22.4 Å². The molecular formula is C21H18FNO6S. The summed E-state index contributed by atoms with van der Waals surface area (Å²) in [5.74, 6) is -2.28. The Morgan fingerprint density at radius 1 is 0.933 bits per heavy atom. The van der Waals surface area contributed by atoms with E-state index in [2.05, 4.69) is 4.98 Å². The van der Waals surface area contributed by atoms with E-state index < -0.39 is 33.0 Å². The first-order valence-electron chi connectivity index (χ1n) is 8.67. The van der Waals surface area contributed by atoms with Crippen LogP contribution in [-0.4, -0.2) is 45.8 Å². The summed E-state index contributed by atoms with van der Waals surface area (Å²) >= 11 is 0. The first kappa shape index (κ1) is 21.4. The number of nitrogens with zero attached hydrogens (tertiary/aromatic N) is 1. The summed E-state index contributed by atoms with van der Waals surface area (Å²) in [5.41, 5.74) is -0.235. The van der Waals surface area contributed by atoms with Crippen LogP contribution >= 0.6 is 0 Å². The highest BCUT2D eigenvalue weighted by molar-refractivity contribution is 7.90. The monoisotopic (exact) mass is 431 g/mol. The van der Waals surface area contributed by atoms with E-state index in [1.54, 1.807) is 12.1 Å². The molecule has 156 valence electrons. The van der Waals surface area contributed by atoms with Gasteiger partial charge in [-0.2, -0.15) is 0 Å². The number of ether oxygens (including phenoxy) is 2. The molecule has 9 heteroatoms. The highest BCUT2D eigenvalue weighted by atomic mass is 32.2. The zero-order chi connectivity index (χ0) is 22.1. The number of allylic oxidation sites excluding steroid dienone is 2. The van der Waals surface area contributed by atoms with Gasteiger partial charge in [-0.05, 0) is 47.6 Å². The molecule has 3 rings (SSSR count). The number of carbonyl (C=O) groups excluding carboxylic acids is 2. The fourth-order valence-corrected chi connectivity index (χ4v) is 3.81. The van der Waals surface area contributed by atoms with E-state index >= 15 is 0 Å². The van der Waals surface area contributed by atoms with E-state index in [4.69, 9.17) is 9.47 Å². The van der Waals surface area contributed by atoms with Crippen LogP contribution in [-0.2, 0) is 28.9 Å². The lowest BCUT2D eigenvalue weighted by Crippen LogP contribution is -2.36. The molecule has 7 nitrogen and oxygen atoms in total. The van der Waals surface area contributed by atoms with Crippen LogP contribution in [0.25, 0.3) is 11.1 Å². The Hall–Kier alpha value is -3.33. The first-order chi connectivity index (χ1) is 14.1. The maximum absolute atomic E-state index is 13.4. The summed E-state index contributed by atoms with van der Waals surface area (Å²) < 4.78 is 46.5. The van der Waals surface area contributed by atoms with Gasteiger partial charge >= 0.3 is 11.9 Å². The molecule has 0 amide bonds. The molecule has 0 spiro atoms. The molecule has 2 aromatic rings. The summed E-state index contributed by atoms with van der Waals surface area (Å²) in [4.78, 5) is 29.3. The number of esters is 2. The van der Waals surface area contributed by atoms with Crippen molar-refractivity contribution in [2.24, 2.45) is 5.41 Å². The minimum atomic E-state index is -3.41. The summed E-state index contributed by atoms with van der Waals surface area (Å²) in [6, 6.07) is 8.53. The summed E-state index contributed by atoms with van der Waals surface area (Å²) in [6.07, 6.45) is 4.83. The predicted molar refractivity (Wildman–Crippen MR) is 106 cm³/mol. The minimum absolute atomic E-state index is 0.113. The molecular weight excluding hydrogens is 413 g/mol. The van der Waals surface area contributed by atoms with Crippen molar-refractivity contribution in [2.75, 3.05) is 20.5 Å². The first-order valence-corrected chi connectivity index (χ1v) is 10.6. The van der Waals surface area contributed by atoms with Crippen molar-refractivity contribution in [1.29, 1.82) is 0 Å². The van der Waals surface area contributed by atoms with Gasteiger partial charge < -0.3 is 9.47 Å². The van der Waals surface area contributed by atoms with E-state index in [1.165, 1.54) is 36.4 Å². The molecule has 30 heavy (non-hydrogen) atoms. The molecule has 1 heterocycles. The fraction of sp³-hybridized carbons (Fsp3) is 0.190. The maximum Gasteiger partial charge on any atom is 0.331 e. The van der Waals surface area contributed by atoms with Crippen molar-refractivity contribution in [3.05, 3.63) is 71.8 Å². The largest absolute Gasteiger partial charge is 0.468 e.